The molecule has 0 amide bonds. The highest BCUT2D eigenvalue weighted by Gasteiger charge is 2.22. The maximum Gasteiger partial charge on any atom is 0.250 e. The topological polar surface area (TPSA) is 92.4 Å². The summed E-state index contributed by atoms with van der Waals surface area (Å²) in [6, 6.07) is 1.42. The normalized spacial score (nSPS) is 12.9. The molecule has 1 heterocycles. The molecular weight excluding hydrogens is 248 g/mol. The Labute approximate surface area is 99.3 Å². The van der Waals surface area contributed by atoms with Crippen molar-refractivity contribution in [2.24, 2.45) is 5.41 Å². The number of aliphatic hydroxyl groups is 1. The monoisotopic (exact) mass is 264 g/mol. The van der Waals surface area contributed by atoms with Gasteiger partial charge in [-0.25, -0.2) is 13.1 Å². The summed E-state index contributed by atoms with van der Waals surface area (Å²) in [7, 11) is -3.51. The lowest BCUT2D eigenvalue weighted by molar-refractivity contribution is 0.163. The van der Waals surface area contributed by atoms with E-state index >= 15 is 0 Å². The number of hydrogen-bond acceptors (Lipinski definition) is 5. The van der Waals surface area contributed by atoms with Gasteiger partial charge >= 0.3 is 0 Å². The maximum absolute atomic E-state index is 11.8. The van der Waals surface area contributed by atoms with Crippen molar-refractivity contribution in [1.82, 2.24) is 4.72 Å². The highest BCUT2D eigenvalue weighted by atomic mass is 32.2. The third-order valence-corrected chi connectivity index (χ3v) is 4.89. The second-order valence-corrected chi connectivity index (χ2v) is 7.25. The van der Waals surface area contributed by atoms with Crippen LogP contribution < -0.4 is 10.5 Å². The molecule has 0 saturated heterocycles. The van der Waals surface area contributed by atoms with Gasteiger partial charge in [0.25, 0.3) is 0 Å². The summed E-state index contributed by atoms with van der Waals surface area (Å²) < 4.78 is 26.2. The summed E-state index contributed by atoms with van der Waals surface area (Å²) in [6.45, 7) is 3.66. The van der Waals surface area contributed by atoms with Crippen molar-refractivity contribution in [2.45, 2.75) is 18.1 Å². The number of aliphatic hydroxyl groups excluding tert-OH is 1. The van der Waals surface area contributed by atoms with Crippen LogP contribution in [-0.2, 0) is 10.0 Å². The van der Waals surface area contributed by atoms with E-state index in [9.17, 15) is 8.42 Å². The van der Waals surface area contributed by atoms with E-state index in [0.717, 1.165) is 11.3 Å². The van der Waals surface area contributed by atoms with Crippen LogP contribution in [0.1, 0.15) is 13.8 Å². The molecule has 1 aromatic heterocycles. The van der Waals surface area contributed by atoms with Crippen LogP contribution in [0.3, 0.4) is 0 Å². The molecular formula is C9H16N2O3S2. The van der Waals surface area contributed by atoms with Crippen molar-refractivity contribution in [2.75, 3.05) is 18.9 Å². The van der Waals surface area contributed by atoms with Gasteiger partial charge in [-0.2, -0.15) is 0 Å². The molecule has 1 rings (SSSR count). The number of anilines is 1. The zero-order valence-corrected chi connectivity index (χ0v) is 10.9. The van der Waals surface area contributed by atoms with E-state index in [1.54, 1.807) is 19.2 Å². The van der Waals surface area contributed by atoms with Gasteiger partial charge in [0.15, 0.2) is 0 Å². The third kappa shape index (κ3) is 3.44. The van der Waals surface area contributed by atoms with Gasteiger partial charge in [-0.05, 0) is 6.07 Å². The minimum atomic E-state index is -3.51. The molecule has 0 aliphatic carbocycles. The molecule has 0 fully saturated rings. The standard InChI is InChI=1S/C9H16N2O3S2/c1-9(2,6-12)5-11-16(13,14)8-3-7(10)4-15-8/h3-4,11-12H,5-6,10H2,1-2H3. The number of nitrogen functional groups attached to an aromatic ring is 1. The minimum absolute atomic E-state index is 0.0813. The summed E-state index contributed by atoms with van der Waals surface area (Å²) in [4.78, 5) is 0. The van der Waals surface area contributed by atoms with Crippen LogP contribution in [0, 0.1) is 5.41 Å². The summed E-state index contributed by atoms with van der Waals surface area (Å²) in [6.07, 6.45) is 0. The van der Waals surface area contributed by atoms with Crippen molar-refractivity contribution in [3.8, 4) is 0 Å². The van der Waals surface area contributed by atoms with Gasteiger partial charge < -0.3 is 10.8 Å². The Bertz CT molecular complexity index is 451. The molecule has 0 aliphatic rings. The Hall–Kier alpha value is -0.630. The van der Waals surface area contributed by atoms with E-state index in [2.05, 4.69) is 4.72 Å². The first-order valence-corrected chi connectivity index (χ1v) is 7.08. The maximum atomic E-state index is 11.8. The minimum Gasteiger partial charge on any atom is -0.398 e. The average molecular weight is 264 g/mol. The first kappa shape index (κ1) is 13.4. The molecule has 0 spiro atoms. The Kier molecular flexibility index (Phi) is 3.95. The molecule has 7 heteroatoms. The highest BCUT2D eigenvalue weighted by molar-refractivity contribution is 7.91. The van der Waals surface area contributed by atoms with Crippen LogP contribution in [0.15, 0.2) is 15.7 Å². The fourth-order valence-electron chi connectivity index (χ4n) is 0.889. The molecule has 0 atom stereocenters. The van der Waals surface area contributed by atoms with Crippen LogP contribution in [-0.4, -0.2) is 26.7 Å². The Morgan fingerprint density at radius 3 is 2.62 bits per heavy atom. The molecule has 92 valence electrons. The molecule has 0 aliphatic heterocycles. The molecule has 1 aromatic rings. The predicted molar refractivity (Wildman–Crippen MR) is 64.8 cm³/mol. The van der Waals surface area contributed by atoms with Gasteiger partial charge in [-0.3, -0.25) is 0 Å². The zero-order chi connectivity index (χ0) is 12.4. The second-order valence-electron chi connectivity index (χ2n) is 4.35. The quantitative estimate of drug-likeness (QED) is 0.727. The summed E-state index contributed by atoms with van der Waals surface area (Å²) >= 11 is 1.08. The molecule has 16 heavy (non-hydrogen) atoms. The number of nitrogens with one attached hydrogen (secondary N) is 1. The number of sulfonamides is 1. The van der Waals surface area contributed by atoms with Crippen molar-refractivity contribution in [1.29, 1.82) is 0 Å². The number of nitrogens with two attached hydrogens (primary N) is 1. The van der Waals surface area contributed by atoms with Gasteiger partial charge in [-0.1, -0.05) is 13.8 Å². The van der Waals surface area contributed by atoms with E-state index in [0.29, 0.717) is 5.69 Å². The number of rotatable bonds is 5. The molecule has 0 bridgehead atoms. The first-order chi connectivity index (χ1) is 7.27. The lowest BCUT2D eigenvalue weighted by Gasteiger charge is -2.21. The van der Waals surface area contributed by atoms with Crippen molar-refractivity contribution in [3.05, 3.63) is 11.4 Å². The van der Waals surface area contributed by atoms with Gasteiger partial charge in [0.2, 0.25) is 10.0 Å². The first-order valence-electron chi connectivity index (χ1n) is 4.71. The Morgan fingerprint density at radius 1 is 1.56 bits per heavy atom. The largest absolute Gasteiger partial charge is 0.398 e. The Morgan fingerprint density at radius 2 is 2.19 bits per heavy atom. The number of hydrogen-bond donors (Lipinski definition) is 3. The molecule has 5 nitrogen and oxygen atoms in total. The van der Waals surface area contributed by atoms with E-state index in [4.69, 9.17) is 10.8 Å². The van der Waals surface area contributed by atoms with Crippen LogP contribution in [0.2, 0.25) is 0 Å². The lowest BCUT2D eigenvalue weighted by Crippen LogP contribution is -2.35. The van der Waals surface area contributed by atoms with E-state index in [-0.39, 0.29) is 17.4 Å². The molecule has 0 unspecified atom stereocenters. The van der Waals surface area contributed by atoms with E-state index in [1.165, 1.54) is 6.07 Å². The summed E-state index contributed by atoms with van der Waals surface area (Å²) in [5, 5.41) is 10.6. The summed E-state index contributed by atoms with van der Waals surface area (Å²) in [5.41, 5.74) is 5.42. The van der Waals surface area contributed by atoms with Gasteiger partial charge in [0.1, 0.15) is 4.21 Å². The van der Waals surface area contributed by atoms with Crippen LogP contribution in [0.5, 0.6) is 0 Å². The molecule has 4 N–H and O–H groups in total. The molecule has 0 radical (unpaired) electrons. The van der Waals surface area contributed by atoms with Crippen molar-refractivity contribution >= 4 is 27.0 Å². The van der Waals surface area contributed by atoms with Crippen LogP contribution in [0.25, 0.3) is 0 Å². The average Bonchev–Trinajstić information content (AvgIpc) is 2.63. The van der Waals surface area contributed by atoms with Gasteiger partial charge in [-0.15, -0.1) is 11.3 Å². The smallest absolute Gasteiger partial charge is 0.250 e. The molecule has 0 saturated carbocycles. The predicted octanol–water partition coefficient (Wildman–Crippen LogP) is 0.627. The Balaban J connectivity index is 2.74. The van der Waals surface area contributed by atoms with Crippen LogP contribution in [0.4, 0.5) is 5.69 Å². The summed E-state index contributed by atoms with van der Waals surface area (Å²) in [5.74, 6) is 0. The fourth-order valence-corrected chi connectivity index (χ4v) is 3.26. The van der Waals surface area contributed by atoms with Crippen LogP contribution >= 0.6 is 11.3 Å². The van der Waals surface area contributed by atoms with Crippen molar-refractivity contribution in [3.63, 3.8) is 0 Å². The number of thiophene rings is 1. The molecule has 0 aromatic carbocycles. The van der Waals surface area contributed by atoms with Gasteiger partial charge in [0, 0.05) is 29.6 Å². The second kappa shape index (κ2) is 4.70. The van der Waals surface area contributed by atoms with Crippen molar-refractivity contribution < 1.29 is 13.5 Å². The third-order valence-electron chi connectivity index (χ3n) is 2.03. The van der Waals surface area contributed by atoms with E-state index in [1.807, 2.05) is 0 Å². The lowest BCUT2D eigenvalue weighted by atomic mass is 9.96. The SMILES string of the molecule is CC(C)(CO)CNS(=O)(=O)c1cc(N)cs1. The fraction of sp³-hybridized carbons (Fsp3) is 0.556. The van der Waals surface area contributed by atoms with Gasteiger partial charge in [0.05, 0.1) is 0 Å². The zero-order valence-electron chi connectivity index (χ0n) is 9.23. The van der Waals surface area contributed by atoms with E-state index < -0.39 is 15.4 Å². The highest BCUT2D eigenvalue weighted by Crippen LogP contribution is 2.22.